The lowest BCUT2D eigenvalue weighted by molar-refractivity contribution is 0.164. The number of rotatable bonds is 1. The van der Waals surface area contributed by atoms with E-state index in [2.05, 4.69) is 28.1 Å². The van der Waals surface area contributed by atoms with Gasteiger partial charge in [-0.2, -0.15) is 0 Å². The van der Waals surface area contributed by atoms with E-state index in [-0.39, 0.29) is 0 Å². The summed E-state index contributed by atoms with van der Waals surface area (Å²) in [6.45, 7) is 1.89. The zero-order chi connectivity index (χ0) is 8.77. The van der Waals surface area contributed by atoms with E-state index in [0.717, 1.165) is 10.9 Å². The van der Waals surface area contributed by atoms with Crippen LogP contribution < -0.4 is 0 Å². The minimum Gasteiger partial charge on any atom is -0.390 e. The van der Waals surface area contributed by atoms with Gasteiger partial charge in [0.15, 0.2) is 0 Å². The third kappa shape index (κ3) is 1.41. The average molecular weight is 227 g/mol. The van der Waals surface area contributed by atoms with E-state index >= 15 is 0 Å². The first-order valence-electron chi connectivity index (χ1n) is 4.07. The summed E-state index contributed by atoms with van der Waals surface area (Å²) >= 11 is 3.38. The van der Waals surface area contributed by atoms with Crippen LogP contribution in [-0.2, 0) is 0 Å². The molecule has 2 rings (SSSR count). The number of benzene rings is 1. The lowest BCUT2D eigenvalue weighted by atomic mass is 10.1. The van der Waals surface area contributed by atoms with E-state index in [0.29, 0.717) is 5.92 Å². The maximum atomic E-state index is 9.60. The second kappa shape index (κ2) is 2.57. The molecule has 1 aromatic carbocycles. The Morgan fingerprint density at radius 1 is 1.42 bits per heavy atom. The summed E-state index contributed by atoms with van der Waals surface area (Å²) in [5.41, 5.74) is 0.789. The molecule has 0 aliphatic heterocycles. The fourth-order valence-electron chi connectivity index (χ4n) is 1.53. The highest BCUT2D eigenvalue weighted by molar-refractivity contribution is 9.10. The Balaban J connectivity index is 2.21. The number of halogens is 1. The van der Waals surface area contributed by atoms with Crippen LogP contribution in [0.3, 0.4) is 0 Å². The first-order chi connectivity index (χ1) is 5.59. The van der Waals surface area contributed by atoms with Crippen LogP contribution in [0.5, 0.6) is 0 Å². The maximum absolute atomic E-state index is 9.60. The minimum atomic E-state index is -0.451. The Kier molecular flexibility index (Phi) is 1.77. The van der Waals surface area contributed by atoms with Crippen molar-refractivity contribution in [2.75, 3.05) is 0 Å². The highest BCUT2D eigenvalue weighted by atomic mass is 79.9. The van der Waals surface area contributed by atoms with Crippen LogP contribution in [0.4, 0.5) is 0 Å². The third-order valence-electron chi connectivity index (χ3n) is 2.48. The van der Waals surface area contributed by atoms with Crippen molar-refractivity contribution in [2.45, 2.75) is 24.9 Å². The molecule has 1 nitrogen and oxygen atoms in total. The van der Waals surface area contributed by atoms with Crippen molar-refractivity contribution in [1.82, 2.24) is 0 Å². The highest BCUT2D eigenvalue weighted by Gasteiger charge is 2.49. The molecule has 1 N–H and O–H groups in total. The molecule has 0 bridgehead atoms. The zero-order valence-electron chi connectivity index (χ0n) is 6.92. The molecule has 1 aliphatic rings. The summed E-state index contributed by atoms with van der Waals surface area (Å²) in [6, 6.07) is 8.17. The summed E-state index contributed by atoms with van der Waals surface area (Å²) in [4.78, 5) is 0. The molecule has 0 saturated heterocycles. The van der Waals surface area contributed by atoms with E-state index in [1.54, 1.807) is 0 Å². The van der Waals surface area contributed by atoms with Crippen molar-refractivity contribution < 1.29 is 5.11 Å². The Morgan fingerprint density at radius 2 is 1.92 bits per heavy atom. The molecular weight excluding hydrogens is 216 g/mol. The van der Waals surface area contributed by atoms with E-state index < -0.39 is 5.60 Å². The SMILES string of the molecule is C[C@]1(O)C[C@@H]1c1ccc(Br)cc1. The molecule has 64 valence electrons. The Hall–Kier alpha value is -0.340. The average Bonchev–Trinajstić information content (AvgIpc) is 2.61. The Morgan fingerprint density at radius 3 is 2.33 bits per heavy atom. The van der Waals surface area contributed by atoms with Crippen molar-refractivity contribution in [3.05, 3.63) is 34.3 Å². The monoisotopic (exact) mass is 226 g/mol. The summed E-state index contributed by atoms with van der Waals surface area (Å²) < 4.78 is 1.09. The smallest absolute Gasteiger partial charge is 0.0696 e. The first kappa shape index (κ1) is 8.27. The van der Waals surface area contributed by atoms with Gasteiger partial charge in [0.2, 0.25) is 0 Å². The number of hydrogen-bond donors (Lipinski definition) is 1. The van der Waals surface area contributed by atoms with Gasteiger partial charge in [-0.25, -0.2) is 0 Å². The Bertz CT molecular complexity index is 289. The van der Waals surface area contributed by atoms with E-state index in [1.807, 2.05) is 19.1 Å². The molecule has 1 saturated carbocycles. The molecule has 12 heavy (non-hydrogen) atoms. The van der Waals surface area contributed by atoms with Gasteiger partial charge in [-0.1, -0.05) is 28.1 Å². The van der Waals surface area contributed by atoms with Gasteiger partial charge in [-0.15, -0.1) is 0 Å². The molecule has 1 fully saturated rings. The van der Waals surface area contributed by atoms with Crippen LogP contribution in [0.25, 0.3) is 0 Å². The molecule has 1 aliphatic carbocycles. The molecule has 0 amide bonds. The molecule has 1 aromatic rings. The standard InChI is InChI=1S/C10H11BrO/c1-10(12)6-9(10)7-2-4-8(11)5-3-7/h2-5,9,12H,6H2,1H3/t9-,10+/m1/s1. The van der Waals surface area contributed by atoms with Gasteiger partial charge < -0.3 is 5.11 Å². The first-order valence-corrected chi connectivity index (χ1v) is 4.87. The summed E-state index contributed by atoms with van der Waals surface area (Å²) in [5, 5.41) is 9.60. The largest absolute Gasteiger partial charge is 0.390 e. The van der Waals surface area contributed by atoms with Crippen molar-refractivity contribution in [1.29, 1.82) is 0 Å². The second-order valence-electron chi connectivity index (χ2n) is 3.67. The zero-order valence-corrected chi connectivity index (χ0v) is 8.51. The quantitative estimate of drug-likeness (QED) is 0.781. The third-order valence-corrected chi connectivity index (χ3v) is 3.01. The van der Waals surface area contributed by atoms with Gasteiger partial charge in [0.25, 0.3) is 0 Å². The number of aliphatic hydroxyl groups is 1. The van der Waals surface area contributed by atoms with Crippen LogP contribution in [0.15, 0.2) is 28.7 Å². The molecule has 0 aromatic heterocycles. The van der Waals surface area contributed by atoms with Gasteiger partial charge in [0.05, 0.1) is 5.60 Å². The topological polar surface area (TPSA) is 20.2 Å². The second-order valence-corrected chi connectivity index (χ2v) is 4.58. The molecule has 0 heterocycles. The van der Waals surface area contributed by atoms with Crippen LogP contribution in [-0.4, -0.2) is 10.7 Å². The summed E-state index contributed by atoms with van der Waals surface area (Å²) in [6.07, 6.45) is 0.897. The van der Waals surface area contributed by atoms with Gasteiger partial charge >= 0.3 is 0 Å². The molecule has 0 unspecified atom stereocenters. The molecule has 0 spiro atoms. The van der Waals surface area contributed by atoms with Crippen molar-refractivity contribution >= 4 is 15.9 Å². The van der Waals surface area contributed by atoms with Crippen LogP contribution in [0.2, 0.25) is 0 Å². The predicted molar refractivity (Wildman–Crippen MR) is 52.1 cm³/mol. The predicted octanol–water partition coefficient (Wildman–Crippen LogP) is 2.69. The van der Waals surface area contributed by atoms with Gasteiger partial charge in [-0.05, 0) is 31.0 Å². The fraction of sp³-hybridized carbons (Fsp3) is 0.400. The maximum Gasteiger partial charge on any atom is 0.0696 e. The van der Waals surface area contributed by atoms with Crippen LogP contribution in [0.1, 0.15) is 24.8 Å². The van der Waals surface area contributed by atoms with Crippen LogP contribution in [0, 0.1) is 0 Å². The van der Waals surface area contributed by atoms with Crippen LogP contribution >= 0.6 is 15.9 Å². The number of hydrogen-bond acceptors (Lipinski definition) is 1. The van der Waals surface area contributed by atoms with E-state index in [1.165, 1.54) is 5.56 Å². The summed E-state index contributed by atoms with van der Waals surface area (Å²) in [5.74, 6) is 0.352. The van der Waals surface area contributed by atoms with Gasteiger partial charge in [0, 0.05) is 10.4 Å². The lowest BCUT2D eigenvalue weighted by Gasteiger charge is -2.02. The van der Waals surface area contributed by atoms with Gasteiger partial charge in [0.1, 0.15) is 0 Å². The fourth-order valence-corrected chi connectivity index (χ4v) is 1.79. The van der Waals surface area contributed by atoms with Crippen molar-refractivity contribution in [3.8, 4) is 0 Å². The van der Waals surface area contributed by atoms with E-state index in [4.69, 9.17) is 0 Å². The minimum absolute atomic E-state index is 0.352. The van der Waals surface area contributed by atoms with E-state index in [9.17, 15) is 5.11 Å². The molecular formula is C10H11BrO. The highest BCUT2D eigenvalue weighted by Crippen LogP contribution is 2.50. The lowest BCUT2D eigenvalue weighted by Crippen LogP contribution is -2.01. The van der Waals surface area contributed by atoms with Crippen molar-refractivity contribution in [3.63, 3.8) is 0 Å². The molecule has 2 atom stereocenters. The van der Waals surface area contributed by atoms with Gasteiger partial charge in [-0.3, -0.25) is 0 Å². The normalized spacial score (nSPS) is 33.4. The molecule has 0 radical (unpaired) electrons. The molecule has 2 heteroatoms. The van der Waals surface area contributed by atoms with Crippen molar-refractivity contribution in [2.24, 2.45) is 0 Å². The Labute approximate surface area is 80.5 Å². The summed E-state index contributed by atoms with van der Waals surface area (Å²) in [7, 11) is 0.